The van der Waals surface area contributed by atoms with Crippen LogP contribution in [0.4, 0.5) is 5.69 Å². The van der Waals surface area contributed by atoms with Crippen molar-refractivity contribution in [2.45, 2.75) is 32.2 Å². The molecule has 2 aliphatic heterocycles. The fourth-order valence-corrected chi connectivity index (χ4v) is 3.89. The van der Waals surface area contributed by atoms with E-state index in [1.54, 1.807) is 0 Å². The van der Waals surface area contributed by atoms with Crippen LogP contribution >= 0.6 is 15.9 Å². The number of piperidine rings is 1. The minimum Gasteiger partial charge on any atom is -0.369 e. The Bertz CT molecular complexity index is 412. The van der Waals surface area contributed by atoms with Gasteiger partial charge in [-0.25, -0.2) is 0 Å². The number of benzene rings is 1. The highest BCUT2D eigenvalue weighted by Crippen LogP contribution is 2.27. The fourth-order valence-electron chi connectivity index (χ4n) is 3.29. The summed E-state index contributed by atoms with van der Waals surface area (Å²) in [5, 5.41) is 0. The minimum atomic E-state index is 0.784. The molecule has 0 bridgehead atoms. The lowest BCUT2D eigenvalue weighted by Gasteiger charge is -2.45. The van der Waals surface area contributed by atoms with Gasteiger partial charge in [0.1, 0.15) is 0 Å². The maximum Gasteiger partial charge on any atom is 0.0381 e. The Morgan fingerprint density at radius 1 is 1.11 bits per heavy atom. The molecule has 1 aromatic rings. The van der Waals surface area contributed by atoms with E-state index in [0.29, 0.717) is 0 Å². The van der Waals surface area contributed by atoms with Crippen molar-refractivity contribution in [3.8, 4) is 0 Å². The van der Waals surface area contributed by atoms with Crippen molar-refractivity contribution in [2.24, 2.45) is 0 Å². The van der Waals surface area contributed by atoms with Crippen LogP contribution in [0.5, 0.6) is 0 Å². The van der Waals surface area contributed by atoms with Crippen LogP contribution in [0.3, 0.4) is 0 Å². The number of fused-ring (bicyclic) bond motifs is 1. The summed E-state index contributed by atoms with van der Waals surface area (Å²) in [4.78, 5) is 5.25. The number of aryl methyl sites for hydroxylation is 1. The van der Waals surface area contributed by atoms with Gasteiger partial charge in [0.15, 0.2) is 0 Å². The average molecular weight is 309 g/mol. The lowest BCUT2D eigenvalue weighted by Crippen LogP contribution is -2.54. The quantitative estimate of drug-likeness (QED) is 0.784. The number of halogens is 1. The zero-order valence-corrected chi connectivity index (χ0v) is 12.6. The van der Waals surface area contributed by atoms with Crippen molar-refractivity contribution in [3.63, 3.8) is 0 Å². The second kappa shape index (κ2) is 5.22. The molecule has 2 nitrogen and oxygen atoms in total. The summed E-state index contributed by atoms with van der Waals surface area (Å²) in [6, 6.07) is 7.53. The number of nitrogens with zero attached hydrogens (tertiary/aromatic N) is 2. The molecular weight excluding hydrogens is 288 g/mol. The molecule has 2 saturated heterocycles. The van der Waals surface area contributed by atoms with E-state index >= 15 is 0 Å². The highest BCUT2D eigenvalue weighted by Gasteiger charge is 2.28. The van der Waals surface area contributed by atoms with Crippen molar-refractivity contribution in [3.05, 3.63) is 28.2 Å². The lowest BCUT2D eigenvalue weighted by molar-refractivity contribution is 0.133. The van der Waals surface area contributed by atoms with E-state index in [9.17, 15) is 0 Å². The van der Waals surface area contributed by atoms with E-state index in [4.69, 9.17) is 0 Å². The van der Waals surface area contributed by atoms with Crippen molar-refractivity contribution in [1.29, 1.82) is 0 Å². The number of rotatable bonds is 1. The van der Waals surface area contributed by atoms with Crippen LogP contribution in [0.15, 0.2) is 22.7 Å². The molecule has 0 amide bonds. The van der Waals surface area contributed by atoms with Crippen molar-refractivity contribution < 1.29 is 0 Å². The first-order chi connectivity index (χ1) is 8.72. The van der Waals surface area contributed by atoms with Gasteiger partial charge in [-0.05, 0) is 50.1 Å². The van der Waals surface area contributed by atoms with Gasteiger partial charge in [-0.3, -0.25) is 4.90 Å². The normalized spacial score (nSPS) is 25.0. The Hall–Kier alpha value is -0.540. The van der Waals surface area contributed by atoms with Crippen LogP contribution < -0.4 is 4.90 Å². The first-order valence-corrected chi connectivity index (χ1v) is 7.78. The second-order valence-electron chi connectivity index (χ2n) is 5.62. The summed E-state index contributed by atoms with van der Waals surface area (Å²) < 4.78 is 1.20. The number of anilines is 1. The van der Waals surface area contributed by atoms with Gasteiger partial charge in [0.25, 0.3) is 0 Å². The van der Waals surface area contributed by atoms with Crippen LogP contribution in [0.25, 0.3) is 0 Å². The van der Waals surface area contributed by atoms with Crippen LogP contribution in [-0.2, 0) is 0 Å². The second-order valence-corrected chi connectivity index (χ2v) is 6.53. The van der Waals surface area contributed by atoms with E-state index < -0.39 is 0 Å². The van der Waals surface area contributed by atoms with E-state index in [-0.39, 0.29) is 0 Å². The standard InChI is InChI=1S/C15H21BrN2/c1-12-8-13(16)10-15(9-12)18-7-6-17-5-3-2-4-14(17)11-18/h8-10,14H,2-7,11H2,1H3. The molecule has 2 heterocycles. The van der Waals surface area contributed by atoms with Crippen molar-refractivity contribution in [2.75, 3.05) is 31.1 Å². The molecule has 3 heteroatoms. The third kappa shape index (κ3) is 2.57. The molecule has 18 heavy (non-hydrogen) atoms. The molecule has 1 atom stereocenters. The summed E-state index contributed by atoms with van der Waals surface area (Å²) >= 11 is 3.61. The first kappa shape index (κ1) is 12.5. The van der Waals surface area contributed by atoms with Gasteiger partial charge in [-0.2, -0.15) is 0 Å². The highest BCUT2D eigenvalue weighted by molar-refractivity contribution is 9.10. The van der Waals surface area contributed by atoms with Gasteiger partial charge in [0, 0.05) is 35.8 Å². The minimum absolute atomic E-state index is 0.784. The summed E-state index contributed by atoms with van der Waals surface area (Å²) in [5.41, 5.74) is 2.72. The van der Waals surface area contributed by atoms with Gasteiger partial charge in [-0.15, -0.1) is 0 Å². The number of piperazine rings is 1. The molecule has 1 unspecified atom stereocenters. The van der Waals surface area contributed by atoms with E-state index in [0.717, 1.165) is 6.04 Å². The van der Waals surface area contributed by atoms with Crippen molar-refractivity contribution in [1.82, 2.24) is 4.90 Å². The van der Waals surface area contributed by atoms with E-state index in [1.807, 2.05) is 0 Å². The molecule has 98 valence electrons. The summed E-state index contributed by atoms with van der Waals surface area (Å²) in [6.45, 7) is 7.10. The van der Waals surface area contributed by atoms with Gasteiger partial charge < -0.3 is 4.90 Å². The zero-order chi connectivity index (χ0) is 12.5. The molecule has 2 fully saturated rings. The summed E-state index contributed by atoms with van der Waals surface area (Å²) in [6.07, 6.45) is 4.18. The number of hydrogen-bond donors (Lipinski definition) is 0. The molecule has 2 aliphatic rings. The Labute approximate surface area is 118 Å². The van der Waals surface area contributed by atoms with E-state index in [1.165, 1.54) is 61.2 Å². The van der Waals surface area contributed by atoms with Crippen LogP contribution in [0, 0.1) is 6.92 Å². The Morgan fingerprint density at radius 3 is 2.83 bits per heavy atom. The third-order valence-corrected chi connectivity index (χ3v) is 4.69. The first-order valence-electron chi connectivity index (χ1n) is 6.98. The summed E-state index contributed by atoms with van der Waals surface area (Å²) in [5.74, 6) is 0. The molecule has 0 saturated carbocycles. The molecule has 0 N–H and O–H groups in total. The highest BCUT2D eigenvalue weighted by atomic mass is 79.9. The van der Waals surface area contributed by atoms with Gasteiger partial charge in [-0.1, -0.05) is 22.4 Å². The van der Waals surface area contributed by atoms with Crippen LogP contribution in [0.1, 0.15) is 24.8 Å². The smallest absolute Gasteiger partial charge is 0.0381 e. The SMILES string of the molecule is Cc1cc(Br)cc(N2CCN3CCCCC3C2)c1. The third-order valence-electron chi connectivity index (χ3n) is 4.23. The predicted molar refractivity (Wildman–Crippen MR) is 80.3 cm³/mol. The van der Waals surface area contributed by atoms with Crippen LogP contribution in [-0.4, -0.2) is 37.1 Å². The number of hydrogen-bond acceptors (Lipinski definition) is 2. The molecule has 3 rings (SSSR count). The summed E-state index contributed by atoms with van der Waals surface area (Å²) in [7, 11) is 0. The Kier molecular flexibility index (Phi) is 3.62. The monoisotopic (exact) mass is 308 g/mol. The Balaban J connectivity index is 1.76. The lowest BCUT2D eigenvalue weighted by atomic mass is 9.99. The predicted octanol–water partition coefficient (Wildman–Crippen LogP) is 3.43. The average Bonchev–Trinajstić information content (AvgIpc) is 2.37. The Morgan fingerprint density at radius 2 is 2.00 bits per heavy atom. The van der Waals surface area contributed by atoms with Gasteiger partial charge in [0.2, 0.25) is 0 Å². The largest absolute Gasteiger partial charge is 0.369 e. The fraction of sp³-hybridized carbons (Fsp3) is 0.600. The van der Waals surface area contributed by atoms with E-state index in [2.05, 4.69) is 50.9 Å². The molecule has 1 aromatic carbocycles. The topological polar surface area (TPSA) is 6.48 Å². The molecule has 0 spiro atoms. The molecule has 0 radical (unpaired) electrons. The molecule has 0 aromatic heterocycles. The molecular formula is C15H21BrN2. The molecule has 0 aliphatic carbocycles. The van der Waals surface area contributed by atoms with Gasteiger partial charge in [0.05, 0.1) is 0 Å². The maximum atomic E-state index is 3.61. The van der Waals surface area contributed by atoms with Gasteiger partial charge >= 0.3 is 0 Å². The van der Waals surface area contributed by atoms with Crippen molar-refractivity contribution >= 4 is 21.6 Å². The van der Waals surface area contributed by atoms with Crippen LogP contribution in [0.2, 0.25) is 0 Å². The maximum absolute atomic E-state index is 3.61. The zero-order valence-electron chi connectivity index (χ0n) is 11.0.